The average molecular weight is 246 g/mol. The molecule has 0 spiro atoms. The predicted octanol–water partition coefficient (Wildman–Crippen LogP) is 1.82. The Morgan fingerprint density at radius 3 is 2.93 bits per heavy atom. The van der Waals surface area contributed by atoms with Crippen molar-refractivity contribution in [3.8, 4) is 0 Å². The van der Waals surface area contributed by atoms with Crippen LogP contribution in [0.5, 0.6) is 0 Å². The van der Waals surface area contributed by atoms with E-state index in [0.717, 1.165) is 0 Å². The van der Waals surface area contributed by atoms with Gasteiger partial charge in [-0.2, -0.15) is 0 Å². The number of rotatable bonds is 1. The Hall–Kier alpha value is -1.33. The summed E-state index contributed by atoms with van der Waals surface area (Å²) >= 11 is 11.8. The molecule has 0 atom stereocenters. The molecule has 0 unspecified atom stereocenters. The fourth-order valence-corrected chi connectivity index (χ4v) is 1.83. The van der Waals surface area contributed by atoms with Crippen molar-refractivity contribution in [3.05, 3.63) is 28.1 Å². The third-order valence-corrected chi connectivity index (χ3v) is 2.51. The van der Waals surface area contributed by atoms with Gasteiger partial charge in [0.05, 0.1) is 12.1 Å². The monoisotopic (exact) mass is 245 g/mol. The highest BCUT2D eigenvalue weighted by Crippen LogP contribution is 2.28. The van der Waals surface area contributed by atoms with E-state index in [1.54, 1.807) is 0 Å². The van der Waals surface area contributed by atoms with E-state index in [0.29, 0.717) is 5.65 Å². The Morgan fingerprint density at radius 2 is 2.27 bits per heavy atom. The molecule has 0 amide bonds. The first-order valence-corrected chi connectivity index (χ1v) is 4.66. The lowest BCUT2D eigenvalue weighted by Gasteiger charge is -2.05. The number of carbonyl (C=O) groups excluding carboxylic acids is 1. The quantitative estimate of drug-likeness (QED) is 0.720. The third kappa shape index (κ3) is 1.53. The Morgan fingerprint density at radius 1 is 1.53 bits per heavy atom. The minimum Gasteiger partial charge on any atom is -0.465 e. The van der Waals surface area contributed by atoms with Crippen LogP contribution in [0.2, 0.25) is 10.0 Å². The van der Waals surface area contributed by atoms with Crippen LogP contribution >= 0.6 is 23.2 Å². The molecule has 0 bridgehead atoms. The smallest absolute Gasteiger partial charge is 0.341 e. The summed E-state index contributed by atoms with van der Waals surface area (Å²) in [5.41, 5.74) is 0.461. The van der Waals surface area contributed by atoms with Gasteiger partial charge in [-0.3, -0.25) is 4.40 Å². The zero-order valence-electron chi connectivity index (χ0n) is 7.57. The molecule has 0 saturated carbocycles. The van der Waals surface area contributed by atoms with Crippen molar-refractivity contribution < 1.29 is 9.53 Å². The number of fused-ring (bicyclic) bond motifs is 1. The number of nitrogens with zero attached hydrogens (tertiary/aromatic N) is 3. The van der Waals surface area contributed by atoms with Gasteiger partial charge < -0.3 is 4.74 Å². The van der Waals surface area contributed by atoms with Crippen LogP contribution in [0, 0.1) is 0 Å². The van der Waals surface area contributed by atoms with Gasteiger partial charge in [0.1, 0.15) is 16.9 Å². The molecular weight excluding hydrogens is 241 g/mol. The van der Waals surface area contributed by atoms with Crippen LogP contribution in [0.15, 0.2) is 12.5 Å². The van der Waals surface area contributed by atoms with Crippen molar-refractivity contribution in [1.29, 1.82) is 0 Å². The van der Waals surface area contributed by atoms with Gasteiger partial charge in [0, 0.05) is 6.20 Å². The first kappa shape index (κ1) is 10.2. The zero-order chi connectivity index (χ0) is 11.0. The molecule has 0 aliphatic rings. The van der Waals surface area contributed by atoms with Gasteiger partial charge in [0.25, 0.3) is 0 Å². The van der Waals surface area contributed by atoms with E-state index in [1.807, 2.05) is 0 Å². The van der Waals surface area contributed by atoms with Crippen molar-refractivity contribution in [3.63, 3.8) is 0 Å². The SMILES string of the molecule is COC(=O)c1c(Cl)cn2cnnc2c1Cl. The van der Waals surface area contributed by atoms with Gasteiger partial charge in [0.2, 0.25) is 0 Å². The average Bonchev–Trinajstić information content (AvgIpc) is 2.65. The van der Waals surface area contributed by atoms with Crippen LogP contribution in [0.3, 0.4) is 0 Å². The second kappa shape index (κ2) is 3.67. The number of pyridine rings is 1. The summed E-state index contributed by atoms with van der Waals surface area (Å²) in [5, 5.41) is 7.72. The molecule has 7 heteroatoms. The van der Waals surface area contributed by atoms with Crippen molar-refractivity contribution in [2.24, 2.45) is 0 Å². The van der Waals surface area contributed by atoms with E-state index in [2.05, 4.69) is 14.9 Å². The summed E-state index contributed by atoms with van der Waals surface area (Å²) in [6, 6.07) is 0. The van der Waals surface area contributed by atoms with Gasteiger partial charge in [-0.1, -0.05) is 23.2 Å². The first-order valence-electron chi connectivity index (χ1n) is 3.90. The Bertz CT molecular complexity index is 538. The Balaban J connectivity index is 2.78. The normalized spacial score (nSPS) is 10.6. The number of hydrogen-bond donors (Lipinski definition) is 0. The van der Waals surface area contributed by atoms with Crippen LogP contribution < -0.4 is 0 Å². The van der Waals surface area contributed by atoms with Gasteiger partial charge in [-0.05, 0) is 0 Å². The topological polar surface area (TPSA) is 56.5 Å². The van der Waals surface area contributed by atoms with E-state index in [1.165, 1.54) is 24.0 Å². The fraction of sp³-hybridized carbons (Fsp3) is 0.125. The number of carbonyl (C=O) groups is 1. The van der Waals surface area contributed by atoms with E-state index in [4.69, 9.17) is 23.2 Å². The lowest BCUT2D eigenvalue weighted by molar-refractivity contribution is 0.0601. The number of halogens is 2. The van der Waals surface area contributed by atoms with Gasteiger partial charge in [0.15, 0.2) is 5.65 Å². The van der Waals surface area contributed by atoms with Crippen LogP contribution in [0.25, 0.3) is 5.65 Å². The van der Waals surface area contributed by atoms with Gasteiger partial charge >= 0.3 is 5.97 Å². The van der Waals surface area contributed by atoms with Gasteiger partial charge in [-0.15, -0.1) is 10.2 Å². The van der Waals surface area contributed by atoms with Crippen LogP contribution in [-0.2, 0) is 4.74 Å². The van der Waals surface area contributed by atoms with E-state index in [9.17, 15) is 4.79 Å². The first-order chi connectivity index (χ1) is 7.15. The largest absolute Gasteiger partial charge is 0.465 e. The third-order valence-electron chi connectivity index (χ3n) is 1.87. The molecule has 5 nitrogen and oxygen atoms in total. The molecule has 0 aromatic carbocycles. The summed E-state index contributed by atoms with van der Waals surface area (Å²) in [5.74, 6) is -0.601. The Labute approximate surface area is 94.6 Å². The summed E-state index contributed by atoms with van der Waals surface area (Å²) in [7, 11) is 1.25. The van der Waals surface area contributed by atoms with Gasteiger partial charge in [-0.25, -0.2) is 4.79 Å². The molecule has 0 saturated heterocycles. The highest BCUT2D eigenvalue weighted by atomic mass is 35.5. The van der Waals surface area contributed by atoms with Crippen LogP contribution in [-0.4, -0.2) is 27.7 Å². The molecule has 0 fully saturated rings. The van der Waals surface area contributed by atoms with Crippen molar-refractivity contribution >= 4 is 34.8 Å². The number of ether oxygens (including phenoxy) is 1. The minimum atomic E-state index is -0.601. The number of hydrogen-bond acceptors (Lipinski definition) is 4. The van der Waals surface area contributed by atoms with Crippen LogP contribution in [0.1, 0.15) is 10.4 Å². The molecule has 2 aromatic heterocycles. The lowest BCUT2D eigenvalue weighted by atomic mass is 10.2. The summed E-state index contributed by atoms with van der Waals surface area (Å²) in [6.45, 7) is 0. The van der Waals surface area contributed by atoms with Crippen molar-refractivity contribution in [2.45, 2.75) is 0 Å². The number of esters is 1. The highest BCUT2D eigenvalue weighted by molar-refractivity contribution is 6.41. The maximum absolute atomic E-state index is 11.4. The van der Waals surface area contributed by atoms with E-state index < -0.39 is 5.97 Å². The summed E-state index contributed by atoms with van der Waals surface area (Å²) < 4.78 is 6.08. The number of aromatic nitrogens is 3. The molecule has 2 heterocycles. The van der Waals surface area contributed by atoms with Crippen molar-refractivity contribution in [2.75, 3.05) is 7.11 Å². The molecule has 78 valence electrons. The molecule has 2 rings (SSSR count). The Kier molecular flexibility index (Phi) is 2.50. The molecule has 0 aliphatic carbocycles. The van der Waals surface area contributed by atoms with Crippen LogP contribution in [0.4, 0.5) is 0 Å². The fourth-order valence-electron chi connectivity index (χ4n) is 1.19. The van der Waals surface area contributed by atoms with E-state index >= 15 is 0 Å². The zero-order valence-corrected chi connectivity index (χ0v) is 9.08. The van der Waals surface area contributed by atoms with E-state index in [-0.39, 0.29) is 15.6 Å². The van der Waals surface area contributed by atoms with Crippen molar-refractivity contribution in [1.82, 2.24) is 14.6 Å². The maximum atomic E-state index is 11.4. The molecule has 0 N–H and O–H groups in total. The summed E-state index contributed by atoms with van der Waals surface area (Å²) in [4.78, 5) is 11.4. The molecule has 0 radical (unpaired) electrons. The second-order valence-electron chi connectivity index (χ2n) is 2.72. The lowest BCUT2D eigenvalue weighted by Crippen LogP contribution is -2.05. The summed E-state index contributed by atoms with van der Waals surface area (Å²) in [6.07, 6.45) is 2.93. The standard InChI is InChI=1S/C8H5Cl2N3O2/c1-15-8(14)5-4(9)2-13-3-11-12-7(13)6(5)10/h2-3H,1H3. The minimum absolute atomic E-state index is 0.0985. The number of methoxy groups -OCH3 is 1. The molecule has 0 aliphatic heterocycles. The molecular formula is C8H5Cl2N3O2. The maximum Gasteiger partial charge on any atom is 0.341 e. The predicted molar refractivity (Wildman–Crippen MR) is 54.3 cm³/mol. The molecule has 15 heavy (non-hydrogen) atoms. The second-order valence-corrected chi connectivity index (χ2v) is 3.50. The molecule has 2 aromatic rings. The highest BCUT2D eigenvalue weighted by Gasteiger charge is 2.19.